The van der Waals surface area contributed by atoms with E-state index in [2.05, 4.69) is 9.19 Å². The van der Waals surface area contributed by atoms with Crippen LogP contribution in [0.5, 0.6) is 0 Å². The van der Waals surface area contributed by atoms with Gasteiger partial charge in [-0.25, -0.2) is 0 Å². The van der Waals surface area contributed by atoms with E-state index in [0.717, 1.165) is 0 Å². The maximum absolute atomic E-state index is 4.13. The molecule has 0 amide bonds. The first kappa shape index (κ1) is 46.9. The Balaban J connectivity index is -0.000000000833. The van der Waals surface area contributed by atoms with Crippen LogP contribution in [0, 0.1) is 0 Å². The summed E-state index contributed by atoms with van der Waals surface area (Å²) in [6.45, 7) is 0. The topological polar surface area (TPSA) is 90.0 Å². The van der Waals surface area contributed by atoms with Crippen LogP contribution in [0.4, 0.5) is 0 Å². The number of hydrogen-bond acceptors (Lipinski definition) is 4. The van der Waals surface area contributed by atoms with Crippen LogP contribution in [0.15, 0.2) is 0 Å². The molecule has 0 atom stereocenters. The van der Waals surface area contributed by atoms with Gasteiger partial charge >= 0.3 is 54.7 Å². The van der Waals surface area contributed by atoms with Crippen LogP contribution in [0.1, 0.15) is 0 Å². The third kappa shape index (κ3) is 42.7. The van der Waals surface area contributed by atoms with Gasteiger partial charge in [0.25, 0.3) is 0 Å². The zero-order chi connectivity index (χ0) is 2.00. The standard InChI is InChI=1S/3H2O.S.2Sb/h3*1H2;;;/q;;;;;+3/p-3. The second-order valence-electron chi connectivity index (χ2n) is 0. The van der Waals surface area contributed by atoms with E-state index in [4.69, 9.17) is 0 Å². The van der Waals surface area contributed by atoms with E-state index in [1.54, 1.807) is 0 Å². The van der Waals surface area contributed by atoms with Gasteiger partial charge in [-0.3, -0.25) is 0 Å². The Hall–Kier alpha value is 1.74. The smallest absolute Gasteiger partial charge is 3.00 e. The van der Waals surface area contributed by atoms with Gasteiger partial charge in [0.15, 0.2) is 0 Å². The van der Waals surface area contributed by atoms with Crippen LogP contribution in [0.25, 0.3) is 0 Å². The van der Waals surface area contributed by atoms with Crippen molar-refractivity contribution >= 4 is 54.7 Å². The minimum atomic E-state index is 0. The summed E-state index contributed by atoms with van der Waals surface area (Å²) in [5, 5.41) is 0. The molecule has 37 valence electrons. The molecule has 0 aromatic carbocycles. The van der Waals surface area contributed by atoms with Crippen LogP contribution < -0.4 is 0 Å². The molecule has 0 saturated heterocycles. The summed E-state index contributed by atoms with van der Waals surface area (Å²) in [5.41, 5.74) is 0. The van der Waals surface area contributed by atoms with Gasteiger partial charge in [0.2, 0.25) is 0 Å². The molecule has 6 heavy (non-hydrogen) atoms. The van der Waals surface area contributed by atoms with Crippen LogP contribution in [0.3, 0.4) is 0 Å². The predicted molar refractivity (Wildman–Crippen MR) is 24.9 cm³/mol. The van der Waals surface area contributed by atoms with E-state index in [1.807, 2.05) is 0 Å². The summed E-state index contributed by atoms with van der Waals surface area (Å²) in [6, 6.07) is 0. The quantitative estimate of drug-likeness (QED) is 0.554. The fourth-order valence-electron chi connectivity index (χ4n) is 0. The van der Waals surface area contributed by atoms with Gasteiger partial charge in [-0.15, -0.1) is 0 Å². The minimum absolute atomic E-state index is 0. The molecule has 0 fully saturated rings. The fourth-order valence-corrected chi connectivity index (χ4v) is 0. The molecular weight excluding hydrogens is 324 g/mol. The zero-order valence-electron chi connectivity index (χ0n) is 2.64. The third-order valence-electron chi connectivity index (χ3n) is 0. The monoisotopic (exact) mass is 325 g/mol. The van der Waals surface area contributed by atoms with Crippen molar-refractivity contribution in [2.75, 3.05) is 0 Å². The van der Waals surface area contributed by atoms with Gasteiger partial charge in [-0.05, 0) is 0 Å². The van der Waals surface area contributed by atoms with Crippen molar-refractivity contribution in [2.45, 2.75) is 0 Å². The van der Waals surface area contributed by atoms with Crippen molar-refractivity contribution in [3.8, 4) is 0 Å². The molecule has 0 bridgehead atoms. The molecule has 0 aromatic heterocycles. The van der Waals surface area contributed by atoms with Crippen LogP contribution >= 0.6 is 9.19 Å². The molecule has 0 aliphatic carbocycles. The van der Waals surface area contributed by atoms with E-state index < -0.39 is 0 Å². The Morgan fingerprint density at radius 2 is 0.833 bits per heavy atom. The largest absolute Gasteiger partial charge is 3.00 e. The molecule has 6 heteroatoms. The Morgan fingerprint density at radius 1 is 0.833 bits per heavy atom. The van der Waals surface area contributed by atoms with Gasteiger partial charge < -0.3 is 16.4 Å². The van der Waals surface area contributed by atoms with Crippen LogP contribution in [-0.4, -0.2) is 61.9 Å². The fraction of sp³-hybridized carbons (Fsp3) is 0. The van der Waals surface area contributed by atoms with Gasteiger partial charge in [-0.2, -0.15) is 0 Å². The Bertz CT molecular complexity index is 8.75. The SMILES string of the molecule is [OH-].[OH-].[OH-].[S]=[Sb].[Sb+3]. The summed E-state index contributed by atoms with van der Waals surface area (Å²) < 4.78 is 0. The van der Waals surface area contributed by atoms with Crippen molar-refractivity contribution in [2.24, 2.45) is 0 Å². The summed E-state index contributed by atoms with van der Waals surface area (Å²) in [7, 11) is 4.13. The molecule has 0 rings (SSSR count). The molecule has 0 heterocycles. The Labute approximate surface area is 70.5 Å². The molecule has 3 radical (unpaired) electrons. The van der Waals surface area contributed by atoms with E-state index in [9.17, 15) is 0 Å². The van der Waals surface area contributed by atoms with Crippen LogP contribution in [0.2, 0.25) is 0 Å². The van der Waals surface area contributed by atoms with Gasteiger partial charge in [0, 0.05) is 0 Å². The molecule has 0 aliphatic rings. The molecule has 0 aliphatic heterocycles. The average Bonchev–Trinajstić information content (AvgIpc) is 1.00. The van der Waals surface area contributed by atoms with Gasteiger partial charge in [0.1, 0.15) is 0 Å². The maximum atomic E-state index is 4.13. The van der Waals surface area contributed by atoms with Gasteiger partial charge in [-0.1, -0.05) is 0 Å². The normalized spacial score (nSPS) is 0.667. The molecule has 3 N–H and O–H groups in total. The average molecular weight is 327 g/mol. The van der Waals surface area contributed by atoms with Crippen molar-refractivity contribution in [1.82, 2.24) is 0 Å². The molecule has 0 unspecified atom stereocenters. The maximum Gasteiger partial charge on any atom is 3.00 e. The summed E-state index contributed by atoms with van der Waals surface area (Å²) in [4.78, 5) is 0. The zero-order valence-corrected chi connectivity index (χ0v) is 8.57. The summed E-state index contributed by atoms with van der Waals surface area (Å²) in [6.07, 6.45) is 0. The van der Waals surface area contributed by atoms with E-state index in [1.165, 1.54) is 21.1 Å². The second-order valence-corrected chi connectivity index (χ2v) is 0. The van der Waals surface area contributed by atoms with Crippen LogP contribution in [-0.2, 0) is 0 Å². The molecule has 0 aromatic rings. The van der Waals surface area contributed by atoms with Crippen molar-refractivity contribution in [3.05, 3.63) is 0 Å². The number of hydrogen-bond donors (Lipinski definition) is 0. The van der Waals surface area contributed by atoms with E-state index in [-0.39, 0.29) is 40.9 Å². The van der Waals surface area contributed by atoms with E-state index >= 15 is 0 Å². The first-order chi connectivity index (χ1) is 1.00. The summed E-state index contributed by atoms with van der Waals surface area (Å²) >= 11 is 1.33. The molecule has 3 nitrogen and oxygen atoms in total. The summed E-state index contributed by atoms with van der Waals surface area (Å²) in [5.74, 6) is 0. The van der Waals surface area contributed by atoms with E-state index in [0.29, 0.717) is 0 Å². The number of rotatable bonds is 0. The predicted octanol–water partition coefficient (Wildman–Crippen LogP) is -0.644. The first-order valence-electron chi connectivity index (χ1n) is 0.183. The van der Waals surface area contributed by atoms with Crippen molar-refractivity contribution in [3.63, 3.8) is 0 Å². The second kappa shape index (κ2) is 73.5. The Kier molecular flexibility index (Phi) is 575. The molecular formula is H3O3SSb2. The third-order valence-corrected chi connectivity index (χ3v) is 0. The van der Waals surface area contributed by atoms with Crippen molar-refractivity contribution < 1.29 is 16.4 Å². The Morgan fingerprint density at radius 3 is 0.833 bits per heavy atom. The molecule has 0 saturated carbocycles. The van der Waals surface area contributed by atoms with Gasteiger partial charge in [0.05, 0.1) is 0 Å². The minimum Gasteiger partial charge on any atom is 3.00 e. The molecule has 0 spiro atoms. The first-order valence-corrected chi connectivity index (χ1v) is 3.67. The van der Waals surface area contributed by atoms with Crippen molar-refractivity contribution in [1.29, 1.82) is 0 Å².